The minimum absolute atomic E-state index is 0.0446. The molecule has 0 aromatic carbocycles. The predicted octanol–water partition coefficient (Wildman–Crippen LogP) is 2.95. The van der Waals surface area contributed by atoms with Crippen molar-refractivity contribution in [2.45, 2.75) is 44.9 Å². The molecule has 0 spiro atoms. The van der Waals surface area contributed by atoms with Crippen LogP contribution in [0.25, 0.3) is 0 Å². The lowest BCUT2D eigenvalue weighted by atomic mass is 10.1. The molecule has 1 heterocycles. The maximum Gasteiger partial charge on any atom is 0.349 e. The molecule has 120 valence electrons. The molecular weight excluding hydrogens is 310 g/mol. The van der Waals surface area contributed by atoms with Gasteiger partial charge in [-0.1, -0.05) is 26.7 Å². The highest BCUT2D eigenvalue weighted by molar-refractivity contribution is 7.89. The lowest BCUT2D eigenvalue weighted by molar-refractivity contribution is 0.0602. The molecule has 0 fully saturated rings. The van der Waals surface area contributed by atoms with Crippen molar-refractivity contribution in [1.29, 1.82) is 0 Å². The number of methoxy groups -OCH3 is 1. The van der Waals surface area contributed by atoms with Crippen LogP contribution in [0.4, 0.5) is 0 Å². The lowest BCUT2D eigenvalue weighted by Crippen LogP contribution is -2.26. The van der Waals surface area contributed by atoms with Crippen molar-refractivity contribution >= 4 is 27.3 Å². The van der Waals surface area contributed by atoms with Crippen LogP contribution in [0.3, 0.4) is 0 Å². The molecule has 1 N–H and O–H groups in total. The van der Waals surface area contributed by atoms with E-state index >= 15 is 0 Å². The van der Waals surface area contributed by atoms with Gasteiger partial charge in [0.25, 0.3) is 0 Å². The van der Waals surface area contributed by atoms with Gasteiger partial charge < -0.3 is 4.74 Å². The molecule has 0 bridgehead atoms. The van der Waals surface area contributed by atoms with Gasteiger partial charge in [-0.25, -0.2) is 17.9 Å². The van der Waals surface area contributed by atoms with E-state index in [-0.39, 0.29) is 9.77 Å². The first-order chi connectivity index (χ1) is 9.79. The number of carbonyl (C=O) groups is 1. The summed E-state index contributed by atoms with van der Waals surface area (Å²) in [6.45, 7) is 6.34. The zero-order valence-electron chi connectivity index (χ0n) is 12.9. The summed E-state index contributed by atoms with van der Waals surface area (Å²) in [6, 6.07) is 0. The van der Waals surface area contributed by atoms with Gasteiger partial charge in [-0.15, -0.1) is 11.3 Å². The number of carbonyl (C=O) groups excluding carboxylic acids is 1. The van der Waals surface area contributed by atoms with Crippen molar-refractivity contribution in [2.75, 3.05) is 13.7 Å². The molecule has 1 rings (SSSR count). The number of hydrogen-bond donors (Lipinski definition) is 1. The Hall–Kier alpha value is -0.920. The molecule has 0 saturated carbocycles. The Bertz CT molecular complexity index is 576. The summed E-state index contributed by atoms with van der Waals surface area (Å²) >= 11 is 1.09. The molecule has 0 unspecified atom stereocenters. The largest absolute Gasteiger partial charge is 0.465 e. The molecule has 0 saturated heterocycles. The van der Waals surface area contributed by atoms with Gasteiger partial charge in [0.1, 0.15) is 9.77 Å². The van der Waals surface area contributed by atoms with Crippen molar-refractivity contribution in [3.05, 3.63) is 15.8 Å². The van der Waals surface area contributed by atoms with Gasteiger partial charge in [0, 0.05) is 6.54 Å². The van der Waals surface area contributed by atoms with Crippen LogP contribution < -0.4 is 4.72 Å². The van der Waals surface area contributed by atoms with E-state index in [1.165, 1.54) is 7.11 Å². The summed E-state index contributed by atoms with van der Waals surface area (Å²) in [5.41, 5.74) is 0.565. The average molecular weight is 333 g/mol. The number of nitrogens with one attached hydrogen (secondary N) is 1. The number of thiophene rings is 1. The number of rotatable bonds is 8. The molecule has 0 radical (unpaired) electrons. The van der Waals surface area contributed by atoms with E-state index in [0.717, 1.165) is 30.6 Å². The molecule has 1 aromatic heterocycles. The van der Waals surface area contributed by atoms with Crippen molar-refractivity contribution in [2.24, 2.45) is 5.92 Å². The molecule has 1 aromatic rings. The first-order valence-corrected chi connectivity index (χ1v) is 9.32. The summed E-state index contributed by atoms with van der Waals surface area (Å²) in [4.78, 5) is 11.8. The van der Waals surface area contributed by atoms with Crippen molar-refractivity contribution in [1.82, 2.24) is 4.72 Å². The van der Waals surface area contributed by atoms with Crippen molar-refractivity contribution in [3.8, 4) is 0 Å². The van der Waals surface area contributed by atoms with Gasteiger partial charge in [-0.05, 0) is 30.2 Å². The minimum Gasteiger partial charge on any atom is -0.465 e. The van der Waals surface area contributed by atoms with Gasteiger partial charge in [0.15, 0.2) is 0 Å². The molecule has 0 atom stereocenters. The molecule has 0 aliphatic heterocycles. The maximum absolute atomic E-state index is 12.3. The topological polar surface area (TPSA) is 72.5 Å². The van der Waals surface area contributed by atoms with Crippen LogP contribution >= 0.6 is 11.3 Å². The molecular formula is C14H23NO4S2. The number of hydrogen-bond acceptors (Lipinski definition) is 5. The first-order valence-electron chi connectivity index (χ1n) is 6.95. The van der Waals surface area contributed by atoms with Crippen LogP contribution in [-0.4, -0.2) is 28.0 Å². The summed E-state index contributed by atoms with van der Waals surface area (Å²) in [5.74, 6) is -0.0000600. The number of sulfonamides is 1. The van der Waals surface area contributed by atoms with Crippen LogP contribution in [-0.2, 0) is 14.8 Å². The number of esters is 1. The molecule has 0 amide bonds. The quantitative estimate of drug-likeness (QED) is 0.586. The Balaban J connectivity index is 2.75. The fraction of sp³-hybridized carbons (Fsp3) is 0.643. The minimum atomic E-state index is -3.67. The molecule has 21 heavy (non-hydrogen) atoms. The number of unbranched alkanes of at least 4 members (excludes halogenated alkanes) is 1. The van der Waals surface area contributed by atoms with Gasteiger partial charge in [-0.3, -0.25) is 0 Å². The predicted molar refractivity (Wildman–Crippen MR) is 84.3 cm³/mol. The van der Waals surface area contributed by atoms with Gasteiger partial charge in [-0.2, -0.15) is 0 Å². The fourth-order valence-corrected chi connectivity index (χ4v) is 4.73. The zero-order valence-corrected chi connectivity index (χ0v) is 14.6. The Morgan fingerprint density at radius 3 is 2.62 bits per heavy atom. The molecule has 5 nitrogen and oxygen atoms in total. The van der Waals surface area contributed by atoms with E-state index in [1.807, 2.05) is 0 Å². The van der Waals surface area contributed by atoms with E-state index in [4.69, 9.17) is 0 Å². The van der Waals surface area contributed by atoms with Gasteiger partial charge >= 0.3 is 5.97 Å². The fourth-order valence-electron chi connectivity index (χ4n) is 1.96. The second-order valence-corrected chi connectivity index (χ2v) is 7.94. The van der Waals surface area contributed by atoms with E-state index < -0.39 is 16.0 Å². The first kappa shape index (κ1) is 18.1. The highest BCUT2D eigenvalue weighted by Crippen LogP contribution is 2.27. The highest BCUT2D eigenvalue weighted by atomic mass is 32.2. The molecule has 0 aliphatic rings. The zero-order chi connectivity index (χ0) is 16.0. The van der Waals surface area contributed by atoms with Crippen LogP contribution in [0.1, 0.15) is 48.3 Å². The molecule has 0 aliphatic carbocycles. The third-order valence-electron chi connectivity index (χ3n) is 3.06. The van der Waals surface area contributed by atoms with Crippen molar-refractivity contribution in [3.63, 3.8) is 0 Å². The number of aryl methyl sites for hydroxylation is 1. The van der Waals surface area contributed by atoms with Crippen LogP contribution in [0.15, 0.2) is 10.3 Å². The smallest absolute Gasteiger partial charge is 0.349 e. The lowest BCUT2D eigenvalue weighted by Gasteiger charge is -2.09. The summed E-state index contributed by atoms with van der Waals surface area (Å²) < 4.78 is 31.9. The summed E-state index contributed by atoms with van der Waals surface area (Å²) in [6.07, 6.45) is 2.84. The Labute approximate surface area is 130 Å². The maximum atomic E-state index is 12.3. The van der Waals surface area contributed by atoms with E-state index in [1.54, 1.807) is 12.3 Å². The normalized spacial score (nSPS) is 11.9. The Morgan fingerprint density at radius 2 is 2.05 bits per heavy atom. The van der Waals surface area contributed by atoms with Crippen molar-refractivity contribution < 1.29 is 17.9 Å². The summed E-state index contributed by atoms with van der Waals surface area (Å²) in [5, 5.41) is 1.65. The standard InChI is InChI=1S/C14H23NO4S2/c1-10(2)7-5-6-8-15-21(17,18)13-11(3)9-20-12(13)14(16)19-4/h9-10,15H,5-8H2,1-4H3. The van der Waals surface area contributed by atoms with E-state index in [0.29, 0.717) is 18.0 Å². The van der Waals surface area contributed by atoms with Crippen LogP contribution in [0, 0.1) is 12.8 Å². The third kappa shape index (κ3) is 5.09. The Kier molecular flexibility index (Phi) is 6.83. The second kappa shape index (κ2) is 7.91. The van der Waals surface area contributed by atoms with Crippen LogP contribution in [0.5, 0.6) is 0 Å². The SMILES string of the molecule is COC(=O)c1scc(C)c1S(=O)(=O)NCCCCC(C)C. The van der Waals surface area contributed by atoms with Crippen LogP contribution in [0.2, 0.25) is 0 Å². The van der Waals surface area contributed by atoms with Gasteiger partial charge in [0.2, 0.25) is 10.0 Å². The average Bonchev–Trinajstić information content (AvgIpc) is 2.79. The Morgan fingerprint density at radius 1 is 1.38 bits per heavy atom. The highest BCUT2D eigenvalue weighted by Gasteiger charge is 2.27. The van der Waals surface area contributed by atoms with E-state index in [9.17, 15) is 13.2 Å². The summed E-state index contributed by atoms with van der Waals surface area (Å²) in [7, 11) is -2.43. The molecule has 7 heteroatoms. The second-order valence-electron chi connectivity index (χ2n) is 5.36. The third-order valence-corrected chi connectivity index (χ3v) is 5.91. The monoisotopic (exact) mass is 333 g/mol. The number of ether oxygens (including phenoxy) is 1. The van der Waals surface area contributed by atoms with Gasteiger partial charge in [0.05, 0.1) is 7.11 Å². The van der Waals surface area contributed by atoms with E-state index in [2.05, 4.69) is 23.3 Å².